The second-order valence-electron chi connectivity index (χ2n) is 6.75. The standard InChI is InChI=1S/C16H25N3O3/c1-16(2,3)22-15(21)11-4-5-12(19-14(11)17)13-8-10(9-20)6-7-18-13/h4-5,10,13,18,20H,6-9H2,1-3H3,(H2,17,19). The van der Waals surface area contributed by atoms with Gasteiger partial charge in [-0.2, -0.15) is 0 Å². The lowest BCUT2D eigenvalue weighted by Gasteiger charge is -2.29. The summed E-state index contributed by atoms with van der Waals surface area (Å²) < 4.78 is 5.32. The maximum atomic E-state index is 12.1. The number of nitrogens with one attached hydrogen (secondary N) is 1. The maximum absolute atomic E-state index is 12.1. The number of pyridine rings is 1. The average molecular weight is 307 g/mol. The molecule has 2 atom stereocenters. The molecule has 0 spiro atoms. The van der Waals surface area contributed by atoms with E-state index in [0.717, 1.165) is 25.1 Å². The molecule has 22 heavy (non-hydrogen) atoms. The molecule has 6 heteroatoms. The van der Waals surface area contributed by atoms with Crippen LogP contribution in [0, 0.1) is 5.92 Å². The third-order valence-electron chi connectivity index (χ3n) is 3.69. The highest BCUT2D eigenvalue weighted by Crippen LogP contribution is 2.27. The second kappa shape index (κ2) is 6.62. The number of nitrogens with two attached hydrogens (primary N) is 1. The van der Waals surface area contributed by atoms with E-state index in [0.29, 0.717) is 0 Å². The van der Waals surface area contributed by atoms with Gasteiger partial charge in [0.25, 0.3) is 0 Å². The maximum Gasteiger partial charge on any atom is 0.342 e. The summed E-state index contributed by atoms with van der Waals surface area (Å²) in [7, 11) is 0. The lowest BCUT2D eigenvalue weighted by atomic mass is 9.91. The Balaban J connectivity index is 2.14. The monoisotopic (exact) mass is 307 g/mol. The van der Waals surface area contributed by atoms with Crippen LogP contribution in [0.3, 0.4) is 0 Å². The molecule has 0 amide bonds. The summed E-state index contributed by atoms with van der Waals surface area (Å²) in [6.45, 7) is 6.45. The number of hydrogen-bond donors (Lipinski definition) is 3. The summed E-state index contributed by atoms with van der Waals surface area (Å²) in [5.41, 5.74) is 6.44. The third-order valence-corrected chi connectivity index (χ3v) is 3.69. The number of aliphatic hydroxyl groups is 1. The second-order valence-corrected chi connectivity index (χ2v) is 6.75. The van der Waals surface area contributed by atoms with E-state index in [1.54, 1.807) is 12.1 Å². The minimum Gasteiger partial charge on any atom is -0.456 e. The van der Waals surface area contributed by atoms with E-state index in [2.05, 4.69) is 10.3 Å². The van der Waals surface area contributed by atoms with Gasteiger partial charge in [0.15, 0.2) is 0 Å². The number of nitrogen functional groups attached to an aromatic ring is 1. The van der Waals surface area contributed by atoms with E-state index >= 15 is 0 Å². The van der Waals surface area contributed by atoms with E-state index in [4.69, 9.17) is 10.5 Å². The first kappa shape index (κ1) is 16.7. The number of carbonyl (C=O) groups excluding carboxylic acids is 1. The first-order valence-corrected chi connectivity index (χ1v) is 7.64. The van der Waals surface area contributed by atoms with Crippen molar-refractivity contribution in [2.45, 2.75) is 45.3 Å². The van der Waals surface area contributed by atoms with Crippen molar-refractivity contribution in [3.05, 3.63) is 23.4 Å². The number of rotatable bonds is 3. The van der Waals surface area contributed by atoms with Crippen LogP contribution in [0.15, 0.2) is 12.1 Å². The minimum absolute atomic E-state index is 0.0564. The molecule has 1 aromatic heterocycles. The molecule has 0 radical (unpaired) electrons. The van der Waals surface area contributed by atoms with E-state index in [-0.39, 0.29) is 29.9 Å². The summed E-state index contributed by atoms with van der Waals surface area (Å²) in [6, 6.07) is 3.52. The fourth-order valence-electron chi connectivity index (χ4n) is 2.58. The van der Waals surface area contributed by atoms with Crippen molar-refractivity contribution >= 4 is 11.8 Å². The van der Waals surface area contributed by atoms with E-state index in [1.165, 1.54) is 0 Å². The van der Waals surface area contributed by atoms with Crippen molar-refractivity contribution in [2.24, 2.45) is 5.92 Å². The molecule has 122 valence electrons. The fourth-order valence-corrected chi connectivity index (χ4v) is 2.58. The SMILES string of the molecule is CC(C)(C)OC(=O)c1ccc(C2CC(CO)CCN2)nc1N. The Bertz CT molecular complexity index is 540. The van der Waals surface area contributed by atoms with E-state index in [1.807, 2.05) is 20.8 Å². The van der Waals surface area contributed by atoms with Crippen LogP contribution in [0.25, 0.3) is 0 Å². The number of piperidine rings is 1. The Kier molecular flexibility index (Phi) is 5.03. The number of carbonyl (C=O) groups is 1. The molecule has 1 fully saturated rings. The number of nitrogens with zero attached hydrogens (tertiary/aromatic N) is 1. The number of aliphatic hydroxyl groups excluding tert-OH is 1. The largest absolute Gasteiger partial charge is 0.456 e. The molecule has 0 aromatic carbocycles. The normalized spacial score (nSPS) is 22.4. The minimum atomic E-state index is -0.568. The Morgan fingerprint density at radius 3 is 2.82 bits per heavy atom. The van der Waals surface area contributed by atoms with Crippen molar-refractivity contribution in [1.29, 1.82) is 0 Å². The van der Waals surface area contributed by atoms with Gasteiger partial charge in [-0.1, -0.05) is 0 Å². The van der Waals surface area contributed by atoms with Gasteiger partial charge in [-0.05, 0) is 58.2 Å². The van der Waals surface area contributed by atoms with Crippen LogP contribution in [0.2, 0.25) is 0 Å². The summed E-state index contributed by atoms with van der Waals surface area (Å²) in [6.07, 6.45) is 1.77. The van der Waals surface area contributed by atoms with Gasteiger partial charge in [0.1, 0.15) is 17.0 Å². The third kappa shape index (κ3) is 4.18. The Morgan fingerprint density at radius 1 is 1.50 bits per heavy atom. The zero-order chi connectivity index (χ0) is 16.3. The van der Waals surface area contributed by atoms with Crippen LogP contribution in [0.5, 0.6) is 0 Å². The Labute approximate surface area is 131 Å². The average Bonchev–Trinajstić information content (AvgIpc) is 2.45. The van der Waals surface area contributed by atoms with Gasteiger partial charge in [0, 0.05) is 12.6 Å². The fraction of sp³-hybridized carbons (Fsp3) is 0.625. The van der Waals surface area contributed by atoms with Gasteiger partial charge in [-0.25, -0.2) is 9.78 Å². The smallest absolute Gasteiger partial charge is 0.342 e. The van der Waals surface area contributed by atoms with Crippen LogP contribution < -0.4 is 11.1 Å². The van der Waals surface area contributed by atoms with Crippen molar-refractivity contribution in [3.63, 3.8) is 0 Å². The van der Waals surface area contributed by atoms with Gasteiger partial charge in [0.2, 0.25) is 0 Å². The molecular formula is C16H25N3O3. The molecule has 6 nitrogen and oxygen atoms in total. The molecule has 1 aliphatic heterocycles. The molecule has 4 N–H and O–H groups in total. The summed E-state index contributed by atoms with van der Waals surface area (Å²) in [5, 5.41) is 12.7. The lowest BCUT2D eigenvalue weighted by molar-refractivity contribution is 0.00704. The number of aromatic nitrogens is 1. The zero-order valence-corrected chi connectivity index (χ0v) is 13.4. The van der Waals surface area contributed by atoms with Crippen LogP contribution >= 0.6 is 0 Å². The molecule has 2 rings (SSSR count). The number of hydrogen-bond acceptors (Lipinski definition) is 6. The van der Waals surface area contributed by atoms with E-state index in [9.17, 15) is 9.90 Å². The first-order valence-electron chi connectivity index (χ1n) is 7.64. The first-order chi connectivity index (χ1) is 10.3. The predicted molar refractivity (Wildman–Crippen MR) is 84.4 cm³/mol. The highest BCUT2D eigenvalue weighted by molar-refractivity contribution is 5.94. The van der Waals surface area contributed by atoms with Crippen molar-refractivity contribution in [2.75, 3.05) is 18.9 Å². The van der Waals surface area contributed by atoms with Crippen LogP contribution in [-0.2, 0) is 4.74 Å². The summed E-state index contributed by atoms with van der Waals surface area (Å²) in [4.78, 5) is 16.4. The Morgan fingerprint density at radius 2 is 2.23 bits per heavy atom. The molecule has 1 aromatic rings. The predicted octanol–water partition coefficient (Wildman–Crippen LogP) is 1.65. The van der Waals surface area contributed by atoms with Crippen LogP contribution in [-0.4, -0.2) is 34.8 Å². The van der Waals surface area contributed by atoms with Crippen LogP contribution in [0.1, 0.15) is 55.7 Å². The van der Waals surface area contributed by atoms with Gasteiger partial charge in [0.05, 0.1) is 5.69 Å². The number of ether oxygens (including phenoxy) is 1. The Hall–Kier alpha value is -1.66. The zero-order valence-electron chi connectivity index (χ0n) is 13.4. The van der Waals surface area contributed by atoms with Gasteiger partial charge in [-0.15, -0.1) is 0 Å². The summed E-state index contributed by atoms with van der Waals surface area (Å²) >= 11 is 0. The topological polar surface area (TPSA) is 97.5 Å². The molecule has 2 unspecified atom stereocenters. The molecular weight excluding hydrogens is 282 g/mol. The number of esters is 1. The molecule has 0 saturated carbocycles. The van der Waals surface area contributed by atoms with Crippen LogP contribution in [0.4, 0.5) is 5.82 Å². The van der Waals surface area contributed by atoms with Gasteiger partial charge >= 0.3 is 5.97 Å². The number of anilines is 1. The molecule has 1 aliphatic rings. The van der Waals surface area contributed by atoms with Crippen molar-refractivity contribution < 1.29 is 14.6 Å². The highest BCUT2D eigenvalue weighted by atomic mass is 16.6. The molecule has 0 bridgehead atoms. The summed E-state index contributed by atoms with van der Waals surface area (Å²) in [5.74, 6) is -0.00614. The van der Waals surface area contributed by atoms with Gasteiger partial charge < -0.3 is 20.9 Å². The quantitative estimate of drug-likeness (QED) is 0.735. The molecule has 2 heterocycles. The van der Waals surface area contributed by atoms with Gasteiger partial charge in [-0.3, -0.25) is 0 Å². The highest BCUT2D eigenvalue weighted by Gasteiger charge is 2.25. The lowest BCUT2D eigenvalue weighted by Crippen LogP contribution is -2.33. The van der Waals surface area contributed by atoms with Crippen molar-refractivity contribution in [1.82, 2.24) is 10.3 Å². The van der Waals surface area contributed by atoms with E-state index < -0.39 is 11.6 Å². The molecule has 0 aliphatic carbocycles. The molecule has 1 saturated heterocycles. The van der Waals surface area contributed by atoms with Crippen molar-refractivity contribution in [3.8, 4) is 0 Å².